The van der Waals surface area contributed by atoms with Gasteiger partial charge >= 0.3 is 0 Å². The van der Waals surface area contributed by atoms with Crippen molar-refractivity contribution in [2.45, 2.75) is 45.6 Å². The zero-order valence-corrected chi connectivity index (χ0v) is 6.48. The zero-order valence-electron chi connectivity index (χ0n) is 6.48. The molecule has 0 amide bonds. The topological polar surface area (TPSA) is 26.0 Å². The van der Waals surface area contributed by atoms with Crippen LogP contribution in [0.1, 0.15) is 39.5 Å². The molecule has 0 unspecified atom stereocenters. The fourth-order valence-electron chi connectivity index (χ4n) is 1.04. The average Bonchev–Trinajstić information content (AvgIpc) is 2.45. The van der Waals surface area contributed by atoms with Gasteiger partial charge in [-0.15, -0.1) is 0 Å². The molecule has 0 saturated heterocycles. The van der Waals surface area contributed by atoms with Gasteiger partial charge in [0.15, 0.2) is 0 Å². The largest absolute Gasteiger partial charge is 0.328 e. The number of hydrogen-bond acceptors (Lipinski definition) is 1. The van der Waals surface area contributed by atoms with Gasteiger partial charge in [-0.25, -0.2) is 0 Å². The van der Waals surface area contributed by atoms with Gasteiger partial charge in [-0.2, -0.15) is 0 Å². The lowest BCUT2D eigenvalue weighted by atomic mass is 10.0. The standard InChI is InChI=1S/C8H17N/c1-7(9)3-4-8(2)5-6-8/h7H,3-6,9H2,1-2H3/t7-/m0/s1. The second kappa shape index (κ2) is 2.30. The van der Waals surface area contributed by atoms with Crippen LogP contribution in [0.3, 0.4) is 0 Å². The minimum atomic E-state index is 0.405. The monoisotopic (exact) mass is 127 g/mol. The van der Waals surface area contributed by atoms with Crippen LogP contribution < -0.4 is 5.73 Å². The summed E-state index contributed by atoms with van der Waals surface area (Å²) in [6.45, 7) is 4.45. The first kappa shape index (κ1) is 7.07. The predicted octanol–water partition coefficient (Wildman–Crippen LogP) is 1.91. The van der Waals surface area contributed by atoms with Crippen molar-refractivity contribution >= 4 is 0 Å². The summed E-state index contributed by atoms with van der Waals surface area (Å²) < 4.78 is 0. The molecule has 0 aliphatic heterocycles. The van der Waals surface area contributed by atoms with Crippen LogP contribution in [0.5, 0.6) is 0 Å². The summed E-state index contributed by atoms with van der Waals surface area (Å²) in [5.41, 5.74) is 6.33. The Morgan fingerprint density at radius 1 is 1.56 bits per heavy atom. The Hall–Kier alpha value is -0.0400. The van der Waals surface area contributed by atoms with E-state index in [1.807, 2.05) is 0 Å². The highest BCUT2D eigenvalue weighted by molar-refractivity contribution is 4.88. The SMILES string of the molecule is C[C@H](N)CCC1(C)CC1. The number of hydrogen-bond donors (Lipinski definition) is 1. The summed E-state index contributed by atoms with van der Waals surface area (Å²) in [5, 5.41) is 0. The Bertz CT molecular complexity index is 92.7. The van der Waals surface area contributed by atoms with Crippen LogP contribution in [0.2, 0.25) is 0 Å². The molecule has 2 N–H and O–H groups in total. The molecule has 1 saturated carbocycles. The first-order chi connectivity index (χ1) is 4.12. The Morgan fingerprint density at radius 2 is 2.11 bits per heavy atom. The second-order valence-corrected chi connectivity index (χ2v) is 3.83. The fraction of sp³-hybridized carbons (Fsp3) is 1.00. The van der Waals surface area contributed by atoms with E-state index in [9.17, 15) is 0 Å². The molecule has 0 aromatic rings. The minimum Gasteiger partial charge on any atom is -0.328 e. The molecule has 1 nitrogen and oxygen atoms in total. The summed E-state index contributed by atoms with van der Waals surface area (Å²) in [6.07, 6.45) is 5.40. The number of rotatable bonds is 3. The van der Waals surface area contributed by atoms with Crippen molar-refractivity contribution in [2.75, 3.05) is 0 Å². The van der Waals surface area contributed by atoms with E-state index < -0.39 is 0 Å². The van der Waals surface area contributed by atoms with E-state index >= 15 is 0 Å². The highest BCUT2D eigenvalue weighted by Gasteiger charge is 2.36. The van der Waals surface area contributed by atoms with E-state index in [0.717, 1.165) is 0 Å². The van der Waals surface area contributed by atoms with Gasteiger partial charge in [0.05, 0.1) is 0 Å². The van der Waals surface area contributed by atoms with Gasteiger partial charge in [0, 0.05) is 6.04 Å². The Balaban J connectivity index is 2.05. The molecule has 0 bridgehead atoms. The summed E-state index contributed by atoms with van der Waals surface area (Å²) >= 11 is 0. The third-order valence-electron chi connectivity index (χ3n) is 2.31. The first-order valence-corrected chi connectivity index (χ1v) is 3.88. The van der Waals surface area contributed by atoms with Crippen molar-refractivity contribution < 1.29 is 0 Å². The van der Waals surface area contributed by atoms with Crippen molar-refractivity contribution in [1.82, 2.24) is 0 Å². The van der Waals surface area contributed by atoms with Crippen molar-refractivity contribution in [1.29, 1.82) is 0 Å². The molecular formula is C8H17N. The van der Waals surface area contributed by atoms with Crippen LogP contribution >= 0.6 is 0 Å². The molecule has 1 aliphatic rings. The summed E-state index contributed by atoms with van der Waals surface area (Å²) in [7, 11) is 0. The molecule has 1 rings (SSSR count). The maximum Gasteiger partial charge on any atom is 0.00106 e. The van der Waals surface area contributed by atoms with Crippen LogP contribution in [0.4, 0.5) is 0 Å². The maximum atomic E-state index is 5.63. The van der Waals surface area contributed by atoms with Crippen molar-refractivity contribution in [3.63, 3.8) is 0 Å². The van der Waals surface area contributed by atoms with Crippen LogP contribution in [0.15, 0.2) is 0 Å². The molecule has 0 aromatic heterocycles. The summed E-state index contributed by atoms with van der Waals surface area (Å²) in [4.78, 5) is 0. The highest BCUT2D eigenvalue weighted by atomic mass is 14.6. The van der Waals surface area contributed by atoms with Crippen molar-refractivity contribution in [3.05, 3.63) is 0 Å². The second-order valence-electron chi connectivity index (χ2n) is 3.83. The van der Waals surface area contributed by atoms with Gasteiger partial charge in [0.2, 0.25) is 0 Å². The van der Waals surface area contributed by atoms with Gasteiger partial charge < -0.3 is 5.73 Å². The van der Waals surface area contributed by atoms with Gasteiger partial charge in [-0.1, -0.05) is 6.92 Å². The van der Waals surface area contributed by atoms with E-state index in [1.54, 1.807) is 0 Å². The molecule has 54 valence electrons. The molecule has 1 heteroatoms. The molecule has 0 radical (unpaired) electrons. The number of nitrogens with two attached hydrogens (primary N) is 1. The van der Waals surface area contributed by atoms with E-state index in [4.69, 9.17) is 5.73 Å². The van der Waals surface area contributed by atoms with Crippen LogP contribution in [0.25, 0.3) is 0 Å². The van der Waals surface area contributed by atoms with Crippen molar-refractivity contribution in [3.8, 4) is 0 Å². The van der Waals surface area contributed by atoms with Crippen LogP contribution in [0, 0.1) is 5.41 Å². The lowest BCUT2D eigenvalue weighted by Crippen LogP contribution is -2.15. The molecular weight excluding hydrogens is 110 g/mol. The maximum absolute atomic E-state index is 5.63. The molecule has 1 aliphatic carbocycles. The van der Waals surface area contributed by atoms with Crippen LogP contribution in [-0.4, -0.2) is 6.04 Å². The molecule has 0 spiro atoms. The normalized spacial score (nSPS) is 25.7. The Morgan fingerprint density at radius 3 is 2.44 bits per heavy atom. The fourth-order valence-corrected chi connectivity index (χ4v) is 1.04. The smallest absolute Gasteiger partial charge is 0.00106 e. The average molecular weight is 127 g/mol. The molecule has 0 aromatic carbocycles. The predicted molar refractivity (Wildman–Crippen MR) is 40.2 cm³/mol. The van der Waals surface area contributed by atoms with Gasteiger partial charge in [-0.3, -0.25) is 0 Å². The first-order valence-electron chi connectivity index (χ1n) is 3.88. The summed E-state index contributed by atoms with van der Waals surface area (Å²) in [5.74, 6) is 0. The highest BCUT2D eigenvalue weighted by Crippen LogP contribution is 2.48. The van der Waals surface area contributed by atoms with E-state index in [-0.39, 0.29) is 0 Å². The van der Waals surface area contributed by atoms with Gasteiger partial charge in [0.1, 0.15) is 0 Å². The quantitative estimate of drug-likeness (QED) is 0.615. The molecule has 9 heavy (non-hydrogen) atoms. The molecule has 0 heterocycles. The third kappa shape index (κ3) is 2.35. The molecule has 1 atom stereocenters. The lowest BCUT2D eigenvalue weighted by molar-refractivity contribution is 0.465. The zero-order chi connectivity index (χ0) is 6.91. The minimum absolute atomic E-state index is 0.405. The van der Waals surface area contributed by atoms with Crippen LogP contribution in [-0.2, 0) is 0 Å². The van der Waals surface area contributed by atoms with E-state index in [0.29, 0.717) is 11.5 Å². The third-order valence-corrected chi connectivity index (χ3v) is 2.31. The Kier molecular flexibility index (Phi) is 1.80. The van der Waals surface area contributed by atoms with E-state index in [1.165, 1.54) is 25.7 Å². The molecule has 1 fully saturated rings. The van der Waals surface area contributed by atoms with E-state index in [2.05, 4.69) is 13.8 Å². The summed E-state index contributed by atoms with van der Waals surface area (Å²) in [6, 6.07) is 0.405. The van der Waals surface area contributed by atoms with Gasteiger partial charge in [0.25, 0.3) is 0 Å². The van der Waals surface area contributed by atoms with Crippen molar-refractivity contribution in [2.24, 2.45) is 11.1 Å². The Labute approximate surface area is 57.6 Å². The van der Waals surface area contributed by atoms with Gasteiger partial charge in [-0.05, 0) is 38.0 Å². The lowest BCUT2D eigenvalue weighted by Gasteiger charge is -2.08.